The molecule has 0 bridgehead atoms. The van der Waals surface area contributed by atoms with Crippen LogP contribution in [0.25, 0.3) is 21.5 Å². The summed E-state index contributed by atoms with van der Waals surface area (Å²) < 4.78 is 12.1. The van der Waals surface area contributed by atoms with Gasteiger partial charge in [-0.1, -0.05) is 0 Å². The highest BCUT2D eigenvalue weighted by molar-refractivity contribution is 7.13. The van der Waals surface area contributed by atoms with Gasteiger partial charge in [0.2, 0.25) is 0 Å². The van der Waals surface area contributed by atoms with Crippen LogP contribution in [0.2, 0.25) is 0 Å². The Labute approximate surface area is 161 Å². The third-order valence-electron chi connectivity index (χ3n) is 3.86. The first-order valence-electron chi connectivity index (χ1n) is 8.64. The van der Waals surface area contributed by atoms with E-state index in [1.54, 1.807) is 17.1 Å². The minimum atomic E-state index is -0.552. The number of fused-ring (bicyclic) bond motifs is 1. The summed E-state index contributed by atoms with van der Waals surface area (Å²) in [4.78, 5) is 16.2. The lowest BCUT2D eigenvalue weighted by Gasteiger charge is -2.21. The lowest BCUT2D eigenvalue weighted by Crippen LogP contribution is -2.35. The number of aliphatic hydroxyl groups is 1. The standard InChI is InChI=1S/C18H23N5O3S/c1-11(8-20-17(25)26-18(2,3)4)23-12(10-24)7-14(22-23)13-5-6-19-15-9-21-27-16(13)15/h5-7,9,11,24H,8,10H2,1-4H3,(H,20,25)/t11-/m0/s1. The van der Waals surface area contributed by atoms with Crippen LogP contribution in [-0.2, 0) is 11.3 Å². The van der Waals surface area contributed by atoms with Crippen molar-refractivity contribution >= 4 is 27.8 Å². The second-order valence-corrected chi connectivity index (χ2v) is 8.06. The van der Waals surface area contributed by atoms with E-state index in [1.165, 1.54) is 11.5 Å². The smallest absolute Gasteiger partial charge is 0.407 e. The van der Waals surface area contributed by atoms with Crippen LogP contribution in [0.5, 0.6) is 0 Å². The van der Waals surface area contributed by atoms with Gasteiger partial charge < -0.3 is 15.2 Å². The van der Waals surface area contributed by atoms with E-state index in [0.717, 1.165) is 21.5 Å². The van der Waals surface area contributed by atoms with Gasteiger partial charge in [-0.05, 0) is 51.4 Å². The normalized spacial score (nSPS) is 12.9. The van der Waals surface area contributed by atoms with Crippen LogP contribution in [0.1, 0.15) is 39.4 Å². The van der Waals surface area contributed by atoms with Gasteiger partial charge in [-0.25, -0.2) is 4.79 Å². The van der Waals surface area contributed by atoms with Gasteiger partial charge in [-0.3, -0.25) is 9.67 Å². The Morgan fingerprint density at radius 3 is 2.93 bits per heavy atom. The average molecular weight is 389 g/mol. The number of pyridine rings is 1. The van der Waals surface area contributed by atoms with Gasteiger partial charge in [0, 0.05) is 18.3 Å². The Morgan fingerprint density at radius 1 is 1.44 bits per heavy atom. The van der Waals surface area contributed by atoms with Crippen molar-refractivity contribution in [3.63, 3.8) is 0 Å². The largest absolute Gasteiger partial charge is 0.444 e. The van der Waals surface area contributed by atoms with Crippen molar-refractivity contribution in [3.8, 4) is 11.3 Å². The molecule has 3 heterocycles. The van der Waals surface area contributed by atoms with Crippen LogP contribution in [0.4, 0.5) is 4.79 Å². The molecule has 0 aromatic carbocycles. The molecular weight excluding hydrogens is 366 g/mol. The molecule has 3 aromatic heterocycles. The van der Waals surface area contributed by atoms with E-state index < -0.39 is 11.7 Å². The lowest BCUT2D eigenvalue weighted by molar-refractivity contribution is 0.0520. The number of alkyl carbamates (subject to hydrolysis) is 1. The van der Waals surface area contributed by atoms with Gasteiger partial charge in [0.25, 0.3) is 0 Å². The van der Waals surface area contributed by atoms with Gasteiger partial charge in [-0.2, -0.15) is 9.47 Å². The molecule has 3 rings (SSSR count). The van der Waals surface area contributed by atoms with Crippen LogP contribution in [-0.4, -0.2) is 42.5 Å². The van der Waals surface area contributed by atoms with E-state index in [2.05, 4.69) is 19.8 Å². The minimum Gasteiger partial charge on any atom is -0.444 e. The molecule has 0 unspecified atom stereocenters. The molecule has 0 saturated carbocycles. The van der Waals surface area contributed by atoms with Crippen LogP contribution in [0.3, 0.4) is 0 Å². The van der Waals surface area contributed by atoms with Gasteiger partial charge in [-0.15, -0.1) is 0 Å². The van der Waals surface area contributed by atoms with Gasteiger partial charge in [0.05, 0.1) is 34.9 Å². The number of hydrogen-bond acceptors (Lipinski definition) is 7. The first kappa shape index (κ1) is 19.2. The summed E-state index contributed by atoms with van der Waals surface area (Å²) >= 11 is 1.36. The van der Waals surface area contributed by atoms with E-state index in [0.29, 0.717) is 12.2 Å². The van der Waals surface area contributed by atoms with Crippen LogP contribution >= 0.6 is 11.5 Å². The van der Waals surface area contributed by atoms with Crippen molar-refractivity contribution in [3.05, 3.63) is 30.2 Å². The summed E-state index contributed by atoms with van der Waals surface area (Å²) in [5.74, 6) is 0. The summed E-state index contributed by atoms with van der Waals surface area (Å²) in [6.07, 6.45) is 2.96. The number of hydrogen-bond donors (Lipinski definition) is 2. The Kier molecular flexibility index (Phi) is 5.43. The summed E-state index contributed by atoms with van der Waals surface area (Å²) in [5, 5.41) is 17.1. The zero-order chi connectivity index (χ0) is 19.6. The summed E-state index contributed by atoms with van der Waals surface area (Å²) in [6, 6.07) is 3.57. The maximum atomic E-state index is 11.9. The lowest BCUT2D eigenvalue weighted by atomic mass is 10.2. The molecule has 8 nitrogen and oxygen atoms in total. The molecule has 0 fully saturated rings. The average Bonchev–Trinajstić information content (AvgIpc) is 3.24. The molecule has 144 valence electrons. The minimum absolute atomic E-state index is 0.152. The molecule has 27 heavy (non-hydrogen) atoms. The van der Waals surface area contributed by atoms with Crippen molar-refractivity contribution < 1.29 is 14.6 Å². The summed E-state index contributed by atoms with van der Waals surface area (Å²) in [5.41, 5.74) is 2.59. The highest BCUT2D eigenvalue weighted by Gasteiger charge is 2.19. The third kappa shape index (κ3) is 4.42. The fourth-order valence-electron chi connectivity index (χ4n) is 2.68. The Balaban J connectivity index is 1.80. The first-order valence-corrected chi connectivity index (χ1v) is 9.41. The van der Waals surface area contributed by atoms with Crippen molar-refractivity contribution in [1.29, 1.82) is 0 Å². The number of ether oxygens (including phenoxy) is 1. The van der Waals surface area contributed by atoms with Crippen LogP contribution in [0.15, 0.2) is 24.5 Å². The van der Waals surface area contributed by atoms with E-state index >= 15 is 0 Å². The molecule has 0 spiro atoms. The molecule has 1 amide bonds. The molecule has 0 aliphatic rings. The summed E-state index contributed by atoms with van der Waals surface area (Å²) in [6.45, 7) is 7.54. The molecule has 0 aliphatic carbocycles. The molecule has 1 atom stereocenters. The highest BCUT2D eigenvalue weighted by atomic mass is 32.1. The van der Waals surface area contributed by atoms with Gasteiger partial charge in [0.15, 0.2) is 0 Å². The maximum Gasteiger partial charge on any atom is 0.407 e. The Hall–Kier alpha value is -2.52. The fourth-order valence-corrected chi connectivity index (χ4v) is 3.41. The van der Waals surface area contributed by atoms with Crippen LogP contribution in [0, 0.1) is 0 Å². The fraction of sp³-hybridized carbons (Fsp3) is 0.444. The van der Waals surface area contributed by atoms with Crippen molar-refractivity contribution in [2.24, 2.45) is 0 Å². The first-order chi connectivity index (χ1) is 12.8. The van der Waals surface area contributed by atoms with Gasteiger partial charge in [0.1, 0.15) is 11.1 Å². The predicted molar refractivity (Wildman–Crippen MR) is 104 cm³/mol. The topological polar surface area (TPSA) is 102 Å². The quantitative estimate of drug-likeness (QED) is 0.695. The van der Waals surface area contributed by atoms with E-state index in [-0.39, 0.29) is 12.6 Å². The van der Waals surface area contributed by atoms with Crippen molar-refractivity contribution in [2.75, 3.05) is 6.54 Å². The van der Waals surface area contributed by atoms with E-state index in [1.807, 2.05) is 39.8 Å². The Bertz CT molecular complexity index is 944. The SMILES string of the molecule is C[C@@H](CNC(=O)OC(C)(C)C)n1nc(-c2ccnc3cnsc23)cc1CO. The zero-order valence-electron chi connectivity index (χ0n) is 15.8. The highest BCUT2D eigenvalue weighted by Crippen LogP contribution is 2.30. The molecule has 0 saturated heterocycles. The van der Waals surface area contributed by atoms with Gasteiger partial charge >= 0.3 is 6.09 Å². The number of carbonyl (C=O) groups excluding carboxylic acids is 1. The molecule has 0 aliphatic heterocycles. The monoisotopic (exact) mass is 389 g/mol. The van der Waals surface area contributed by atoms with E-state index in [9.17, 15) is 9.90 Å². The second kappa shape index (κ2) is 7.61. The number of nitrogens with one attached hydrogen (secondary N) is 1. The molecule has 2 N–H and O–H groups in total. The number of nitrogens with zero attached hydrogens (tertiary/aromatic N) is 4. The number of aromatic nitrogens is 4. The number of carbonyl (C=O) groups is 1. The Morgan fingerprint density at radius 2 is 2.22 bits per heavy atom. The predicted octanol–water partition coefficient (Wildman–Crippen LogP) is 3.13. The molecular formula is C18H23N5O3S. The zero-order valence-corrected chi connectivity index (χ0v) is 16.6. The van der Waals surface area contributed by atoms with Crippen molar-refractivity contribution in [1.82, 2.24) is 24.5 Å². The van der Waals surface area contributed by atoms with Crippen molar-refractivity contribution in [2.45, 2.75) is 45.9 Å². The summed E-state index contributed by atoms with van der Waals surface area (Å²) in [7, 11) is 0. The van der Waals surface area contributed by atoms with Crippen LogP contribution < -0.4 is 5.32 Å². The third-order valence-corrected chi connectivity index (χ3v) is 4.68. The maximum absolute atomic E-state index is 11.9. The number of rotatable bonds is 5. The second-order valence-electron chi connectivity index (χ2n) is 7.25. The van der Waals surface area contributed by atoms with E-state index in [4.69, 9.17) is 4.74 Å². The number of aliphatic hydroxyl groups excluding tert-OH is 1. The molecule has 0 radical (unpaired) electrons. The molecule has 9 heteroatoms. The molecule has 3 aromatic rings. The number of amides is 1.